The Bertz CT molecular complexity index is 662. The van der Waals surface area contributed by atoms with E-state index in [4.69, 9.17) is 9.73 Å². The molecule has 1 aromatic carbocycles. The number of hydrogen-bond acceptors (Lipinski definition) is 3. The fraction of sp³-hybridized carbons (Fsp3) is 0.652. The number of aliphatic imine (C=N–C) groups is 1. The monoisotopic (exact) mass is 528 g/mol. The molecule has 0 radical (unpaired) electrons. The molecule has 0 aromatic heterocycles. The number of benzene rings is 1. The van der Waals surface area contributed by atoms with Crippen LogP contribution in [0.5, 0.6) is 0 Å². The van der Waals surface area contributed by atoms with Crippen molar-refractivity contribution < 1.29 is 9.53 Å². The Morgan fingerprint density at radius 2 is 1.93 bits per heavy atom. The van der Waals surface area contributed by atoms with E-state index in [0.717, 1.165) is 64.4 Å². The molecule has 2 saturated heterocycles. The maximum Gasteiger partial charge on any atom is 0.220 e. The number of piperidine rings is 1. The van der Waals surface area contributed by atoms with Crippen molar-refractivity contribution in [3.8, 4) is 0 Å². The minimum Gasteiger partial charge on any atom is -0.373 e. The lowest BCUT2D eigenvalue weighted by atomic mass is 9.89. The maximum absolute atomic E-state index is 11.7. The van der Waals surface area contributed by atoms with Crippen LogP contribution in [0, 0.1) is 11.8 Å². The highest BCUT2D eigenvalue weighted by Crippen LogP contribution is 2.33. The molecule has 168 valence electrons. The van der Waals surface area contributed by atoms with E-state index in [-0.39, 0.29) is 36.0 Å². The van der Waals surface area contributed by atoms with Gasteiger partial charge in [-0.05, 0) is 44.1 Å². The number of nitrogens with one attached hydrogen (secondary N) is 2. The van der Waals surface area contributed by atoms with Crippen LogP contribution in [0.15, 0.2) is 35.3 Å². The average molecular weight is 528 g/mol. The Balaban J connectivity index is 0.00000320. The fourth-order valence-corrected chi connectivity index (χ4v) is 4.38. The molecular formula is C23H37IN4O2. The number of likely N-dealkylation sites (tertiary alicyclic amines) is 1. The van der Waals surface area contributed by atoms with E-state index in [2.05, 4.69) is 52.8 Å². The van der Waals surface area contributed by atoms with Gasteiger partial charge in [-0.3, -0.25) is 9.79 Å². The van der Waals surface area contributed by atoms with Crippen LogP contribution in [-0.4, -0.2) is 56.6 Å². The molecule has 0 aliphatic carbocycles. The molecule has 3 rings (SSSR count). The highest BCUT2D eigenvalue weighted by molar-refractivity contribution is 14.0. The van der Waals surface area contributed by atoms with E-state index in [1.165, 1.54) is 5.56 Å². The van der Waals surface area contributed by atoms with Crippen LogP contribution in [0.4, 0.5) is 0 Å². The topological polar surface area (TPSA) is 66.0 Å². The zero-order valence-electron chi connectivity index (χ0n) is 18.3. The number of hydrogen-bond donors (Lipinski definition) is 2. The van der Waals surface area contributed by atoms with E-state index in [0.29, 0.717) is 18.3 Å². The first kappa shape index (κ1) is 24.9. The molecule has 30 heavy (non-hydrogen) atoms. The number of halogens is 1. The number of amides is 1. The van der Waals surface area contributed by atoms with Gasteiger partial charge in [0.25, 0.3) is 0 Å². The minimum absolute atomic E-state index is 0. The lowest BCUT2D eigenvalue weighted by Gasteiger charge is -2.35. The van der Waals surface area contributed by atoms with Gasteiger partial charge in [0.05, 0.1) is 6.10 Å². The third-order valence-corrected chi connectivity index (χ3v) is 6.05. The number of ether oxygens (including phenoxy) is 1. The van der Waals surface area contributed by atoms with E-state index in [9.17, 15) is 4.79 Å². The molecule has 2 heterocycles. The van der Waals surface area contributed by atoms with Crippen molar-refractivity contribution in [3.63, 3.8) is 0 Å². The first-order chi connectivity index (χ1) is 14.2. The molecule has 0 spiro atoms. The van der Waals surface area contributed by atoms with Crippen LogP contribution in [0.2, 0.25) is 0 Å². The summed E-state index contributed by atoms with van der Waals surface area (Å²) in [5, 5.41) is 6.21. The van der Waals surface area contributed by atoms with Gasteiger partial charge in [-0.1, -0.05) is 30.3 Å². The number of guanidine groups is 1. The molecule has 0 bridgehead atoms. The third-order valence-electron chi connectivity index (χ3n) is 6.05. The van der Waals surface area contributed by atoms with Crippen LogP contribution in [0.25, 0.3) is 0 Å². The van der Waals surface area contributed by atoms with Crippen molar-refractivity contribution >= 4 is 35.8 Å². The molecule has 1 aromatic rings. The van der Waals surface area contributed by atoms with Crippen molar-refractivity contribution in [1.29, 1.82) is 0 Å². The lowest BCUT2D eigenvalue weighted by molar-refractivity contribution is -0.121. The summed E-state index contributed by atoms with van der Waals surface area (Å²) in [5.74, 6) is 2.03. The largest absolute Gasteiger partial charge is 0.373 e. The highest BCUT2D eigenvalue weighted by Gasteiger charge is 2.28. The van der Waals surface area contributed by atoms with Gasteiger partial charge in [0.1, 0.15) is 0 Å². The van der Waals surface area contributed by atoms with Crippen molar-refractivity contribution in [2.24, 2.45) is 16.8 Å². The quantitative estimate of drug-likeness (QED) is 0.337. The highest BCUT2D eigenvalue weighted by atomic mass is 127. The van der Waals surface area contributed by atoms with Crippen LogP contribution in [0.1, 0.15) is 50.7 Å². The Labute approximate surface area is 198 Å². The summed E-state index contributed by atoms with van der Waals surface area (Å²) in [4.78, 5) is 19.0. The molecule has 2 aliphatic rings. The molecular weight excluding hydrogens is 491 g/mol. The Hall–Kier alpha value is -1.35. The average Bonchev–Trinajstić information content (AvgIpc) is 2.78. The van der Waals surface area contributed by atoms with Crippen molar-refractivity contribution in [1.82, 2.24) is 15.5 Å². The molecule has 2 unspecified atom stereocenters. The standard InChI is InChI=1S/C23H36N4O2.HI/c1-3-25-23(27-13-11-18(12-14-27)16-21(28)24-2)26-17-20-10-7-15-29-22(20)19-8-5-4-6-9-19;/h4-6,8-9,18,20,22H,3,7,10-17H2,1-2H3,(H,24,28)(H,25,26);1H. The molecule has 6 nitrogen and oxygen atoms in total. The number of carbonyl (C=O) groups excluding carboxylic acids is 1. The number of rotatable bonds is 6. The fourth-order valence-electron chi connectivity index (χ4n) is 4.38. The van der Waals surface area contributed by atoms with E-state index < -0.39 is 0 Å². The van der Waals surface area contributed by atoms with Crippen LogP contribution in [-0.2, 0) is 9.53 Å². The smallest absolute Gasteiger partial charge is 0.220 e. The van der Waals surface area contributed by atoms with E-state index in [1.807, 2.05) is 0 Å². The Morgan fingerprint density at radius 3 is 2.60 bits per heavy atom. The molecule has 7 heteroatoms. The summed E-state index contributed by atoms with van der Waals surface area (Å²) < 4.78 is 6.13. The minimum atomic E-state index is 0. The second-order valence-electron chi connectivity index (χ2n) is 8.11. The molecule has 2 aliphatic heterocycles. The Kier molecular flexibility index (Phi) is 10.9. The number of carbonyl (C=O) groups is 1. The summed E-state index contributed by atoms with van der Waals surface area (Å²) in [6, 6.07) is 10.5. The molecule has 0 saturated carbocycles. The normalized spacial score (nSPS) is 22.9. The first-order valence-electron chi connectivity index (χ1n) is 11.1. The summed E-state index contributed by atoms with van der Waals surface area (Å²) in [6.07, 6.45) is 5.10. The van der Waals surface area contributed by atoms with Gasteiger partial charge in [0.2, 0.25) is 5.91 Å². The SMILES string of the molecule is CCNC(=NCC1CCCOC1c1ccccc1)N1CCC(CC(=O)NC)CC1.I. The lowest BCUT2D eigenvalue weighted by Crippen LogP contribution is -2.46. The summed E-state index contributed by atoms with van der Waals surface area (Å²) in [5.41, 5.74) is 1.26. The van der Waals surface area contributed by atoms with Gasteiger partial charge in [-0.25, -0.2) is 0 Å². The van der Waals surface area contributed by atoms with Crippen LogP contribution < -0.4 is 10.6 Å². The zero-order chi connectivity index (χ0) is 20.5. The predicted molar refractivity (Wildman–Crippen MR) is 132 cm³/mol. The molecule has 2 fully saturated rings. The molecule has 2 atom stereocenters. The predicted octanol–water partition coefficient (Wildman–Crippen LogP) is 3.59. The number of nitrogens with zero attached hydrogens (tertiary/aromatic N) is 2. The van der Waals surface area contributed by atoms with Crippen molar-refractivity contribution in [3.05, 3.63) is 35.9 Å². The van der Waals surface area contributed by atoms with E-state index >= 15 is 0 Å². The zero-order valence-corrected chi connectivity index (χ0v) is 20.6. The Morgan fingerprint density at radius 1 is 1.20 bits per heavy atom. The third kappa shape index (κ3) is 7.11. The molecule has 1 amide bonds. The van der Waals surface area contributed by atoms with Crippen LogP contribution in [0.3, 0.4) is 0 Å². The maximum atomic E-state index is 11.7. The van der Waals surface area contributed by atoms with Gasteiger partial charge in [0, 0.05) is 52.2 Å². The van der Waals surface area contributed by atoms with Crippen molar-refractivity contribution in [2.45, 2.75) is 45.1 Å². The summed E-state index contributed by atoms with van der Waals surface area (Å²) in [6.45, 7) is 6.50. The van der Waals surface area contributed by atoms with Crippen LogP contribution >= 0.6 is 24.0 Å². The van der Waals surface area contributed by atoms with Gasteiger partial charge in [0.15, 0.2) is 5.96 Å². The molecule has 2 N–H and O–H groups in total. The second kappa shape index (κ2) is 13.1. The van der Waals surface area contributed by atoms with Gasteiger partial charge < -0.3 is 20.3 Å². The second-order valence-corrected chi connectivity index (χ2v) is 8.11. The summed E-state index contributed by atoms with van der Waals surface area (Å²) in [7, 11) is 1.71. The van der Waals surface area contributed by atoms with Crippen molar-refractivity contribution in [2.75, 3.05) is 39.8 Å². The van der Waals surface area contributed by atoms with Gasteiger partial charge in [-0.15, -0.1) is 24.0 Å². The van der Waals surface area contributed by atoms with Gasteiger partial charge in [-0.2, -0.15) is 0 Å². The summed E-state index contributed by atoms with van der Waals surface area (Å²) >= 11 is 0. The van der Waals surface area contributed by atoms with E-state index in [1.54, 1.807) is 7.05 Å². The first-order valence-corrected chi connectivity index (χ1v) is 11.1. The van der Waals surface area contributed by atoms with Gasteiger partial charge >= 0.3 is 0 Å².